The molecule has 1 fully saturated rings. The summed E-state index contributed by atoms with van der Waals surface area (Å²) in [6.07, 6.45) is 3.81. The summed E-state index contributed by atoms with van der Waals surface area (Å²) in [6, 6.07) is 15.1. The third-order valence-corrected chi connectivity index (χ3v) is 7.14. The number of aromatic nitrogens is 1. The van der Waals surface area contributed by atoms with Crippen LogP contribution in [0.2, 0.25) is 0 Å². The van der Waals surface area contributed by atoms with Crippen molar-refractivity contribution in [2.24, 2.45) is 12.0 Å². The molecular weight excluding hydrogens is 446 g/mol. The van der Waals surface area contributed by atoms with Gasteiger partial charge in [-0.3, -0.25) is 4.90 Å². The summed E-state index contributed by atoms with van der Waals surface area (Å²) in [5, 5.41) is 25.3. The molecule has 1 aliphatic rings. The maximum absolute atomic E-state index is 11.6. The summed E-state index contributed by atoms with van der Waals surface area (Å²) < 4.78 is 1.67. The standard InChI is InChI=1S/C27H27N3O3S/c1-29-23-9-8-19(27(32)33)15-22(23)24(26(29)31)25(20-10-13-34-17-20)28-21-7-5-6-18(14-21)16-30-11-3-2-4-12-30/h5-10,13-15,17,31H,2-4,11-12,16H2,1H3,(H,32,33). The largest absolute Gasteiger partial charge is 0.494 e. The van der Waals surface area contributed by atoms with Gasteiger partial charge in [-0.05, 0) is 73.3 Å². The lowest BCUT2D eigenvalue weighted by molar-refractivity contribution is 0.0697. The monoisotopic (exact) mass is 473 g/mol. The van der Waals surface area contributed by atoms with Gasteiger partial charge in [-0.2, -0.15) is 11.3 Å². The van der Waals surface area contributed by atoms with Crippen LogP contribution in [0.5, 0.6) is 5.88 Å². The van der Waals surface area contributed by atoms with E-state index in [0.717, 1.165) is 36.4 Å². The van der Waals surface area contributed by atoms with Gasteiger partial charge < -0.3 is 14.8 Å². The van der Waals surface area contributed by atoms with E-state index in [4.69, 9.17) is 4.99 Å². The highest BCUT2D eigenvalue weighted by Crippen LogP contribution is 2.35. The van der Waals surface area contributed by atoms with Gasteiger partial charge in [0.1, 0.15) is 0 Å². The molecule has 1 aliphatic heterocycles. The van der Waals surface area contributed by atoms with Crippen molar-refractivity contribution in [3.05, 3.63) is 81.5 Å². The lowest BCUT2D eigenvalue weighted by atomic mass is 10.0. The van der Waals surface area contributed by atoms with Crippen molar-refractivity contribution in [3.63, 3.8) is 0 Å². The Morgan fingerprint density at radius 2 is 1.88 bits per heavy atom. The van der Waals surface area contributed by atoms with Crippen LogP contribution in [-0.4, -0.2) is 44.5 Å². The minimum absolute atomic E-state index is 0.0620. The Hall–Kier alpha value is -3.42. The summed E-state index contributed by atoms with van der Waals surface area (Å²) in [6.45, 7) is 3.16. The van der Waals surface area contributed by atoms with Gasteiger partial charge in [0, 0.05) is 29.9 Å². The molecule has 34 heavy (non-hydrogen) atoms. The molecule has 0 bridgehead atoms. The van der Waals surface area contributed by atoms with Gasteiger partial charge in [0.15, 0.2) is 0 Å². The van der Waals surface area contributed by atoms with E-state index in [1.54, 1.807) is 41.2 Å². The highest BCUT2D eigenvalue weighted by atomic mass is 32.1. The van der Waals surface area contributed by atoms with E-state index < -0.39 is 5.97 Å². The summed E-state index contributed by atoms with van der Waals surface area (Å²) in [4.78, 5) is 19.1. The van der Waals surface area contributed by atoms with Crippen LogP contribution >= 0.6 is 11.3 Å². The first-order valence-electron chi connectivity index (χ1n) is 11.5. The molecule has 0 amide bonds. The maximum atomic E-state index is 11.6. The van der Waals surface area contributed by atoms with E-state index in [1.807, 2.05) is 29.0 Å². The number of nitrogens with zero attached hydrogens (tertiary/aromatic N) is 3. The van der Waals surface area contributed by atoms with Crippen molar-refractivity contribution >= 4 is 39.6 Å². The molecule has 0 atom stereocenters. The molecule has 5 rings (SSSR count). The second kappa shape index (κ2) is 9.44. The number of carboxylic acid groups (broad SMARTS) is 1. The molecule has 174 valence electrons. The molecule has 1 saturated heterocycles. The Bertz CT molecular complexity index is 1370. The number of thiophene rings is 1. The second-order valence-electron chi connectivity index (χ2n) is 8.77. The Labute approximate surface area is 202 Å². The third-order valence-electron chi connectivity index (χ3n) is 6.45. The Kier molecular flexibility index (Phi) is 6.22. The zero-order chi connectivity index (χ0) is 23.7. The number of carboxylic acids is 1. The fourth-order valence-electron chi connectivity index (χ4n) is 4.69. The van der Waals surface area contributed by atoms with E-state index >= 15 is 0 Å². The van der Waals surface area contributed by atoms with Crippen LogP contribution in [-0.2, 0) is 13.6 Å². The zero-order valence-electron chi connectivity index (χ0n) is 19.1. The van der Waals surface area contributed by atoms with E-state index in [0.29, 0.717) is 16.7 Å². The van der Waals surface area contributed by atoms with Gasteiger partial charge >= 0.3 is 5.97 Å². The van der Waals surface area contributed by atoms with Crippen molar-refractivity contribution in [1.29, 1.82) is 0 Å². The van der Waals surface area contributed by atoms with Crippen molar-refractivity contribution in [1.82, 2.24) is 9.47 Å². The highest BCUT2D eigenvalue weighted by Gasteiger charge is 2.22. The second-order valence-corrected chi connectivity index (χ2v) is 9.55. The molecule has 0 aliphatic carbocycles. The molecule has 2 aromatic carbocycles. The lowest BCUT2D eigenvalue weighted by Crippen LogP contribution is -2.28. The third kappa shape index (κ3) is 4.36. The number of aromatic hydroxyl groups is 1. The molecule has 0 radical (unpaired) electrons. The van der Waals surface area contributed by atoms with Crippen LogP contribution in [0, 0.1) is 0 Å². The van der Waals surface area contributed by atoms with Crippen LogP contribution in [0.3, 0.4) is 0 Å². The van der Waals surface area contributed by atoms with Crippen LogP contribution in [0.25, 0.3) is 10.9 Å². The van der Waals surface area contributed by atoms with Gasteiger partial charge in [0.05, 0.1) is 28.0 Å². The van der Waals surface area contributed by atoms with Crippen molar-refractivity contribution in [3.8, 4) is 5.88 Å². The fraction of sp³-hybridized carbons (Fsp3) is 0.259. The molecule has 0 unspecified atom stereocenters. The van der Waals surface area contributed by atoms with Crippen LogP contribution in [0.4, 0.5) is 5.69 Å². The molecule has 2 N–H and O–H groups in total. The quantitative estimate of drug-likeness (QED) is 0.347. The average Bonchev–Trinajstić information content (AvgIpc) is 3.46. The summed E-state index contributed by atoms with van der Waals surface area (Å²) >= 11 is 1.56. The van der Waals surface area contributed by atoms with Gasteiger partial charge in [0.25, 0.3) is 0 Å². The van der Waals surface area contributed by atoms with Gasteiger partial charge in [-0.1, -0.05) is 18.6 Å². The topological polar surface area (TPSA) is 78.1 Å². The molecule has 2 aromatic heterocycles. The number of likely N-dealkylation sites (tertiary alicyclic amines) is 1. The molecule has 4 aromatic rings. The zero-order valence-corrected chi connectivity index (χ0v) is 19.9. The molecule has 0 spiro atoms. The van der Waals surface area contributed by atoms with E-state index in [-0.39, 0.29) is 11.4 Å². The van der Waals surface area contributed by atoms with Crippen LogP contribution in [0.15, 0.2) is 64.3 Å². The number of piperidine rings is 1. The van der Waals surface area contributed by atoms with Crippen LogP contribution < -0.4 is 0 Å². The number of carbonyl (C=O) groups is 1. The fourth-order valence-corrected chi connectivity index (χ4v) is 5.33. The Morgan fingerprint density at radius 3 is 2.62 bits per heavy atom. The molecule has 6 nitrogen and oxygen atoms in total. The first-order chi connectivity index (χ1) is 16.5. The van der Waals surface area contributed by atoms with E-state index in [2.05, 4.69) is 17.0 Å². The summed E-state index contributed by atoms with van der Waals surface area (Å²) in [5.74, 6) is -0.942. The Balaban J connectivity index is 1.62. The van der Waals surface area contributed by atoms with Crippen LogP contribution in [0.1, 0.15) is 46.3 Å². The molecule has 3 heterocycles. The summed E-state index contributed by atoms with van der Waals surface area (Å²) in [5.41, 5.74) is 4.99. The van der Waals surface area contributed by atoms with E-state index in [9.17, 15) is 15.0 Å². The number of hydrogen-bond acceptors (Lipinski definition) is 5. The van der Waals surface area contributed by atoms with E-state index in [1.165, 1.54) is 24.8 Å². The number of aryl methyl sites for hydroxylation is 1. The number of aliphatic imine (C=N–C) groups is 1. The molecule has 0 saturated carbocycles. The van der Waals surface area contributed by atoms with Crippen molar-refractivity contribution < 1.29 is 15.0 Å². The number of aromatic carboxylic acids is 1. The Morgan fingerprint density at radius 1 is 1.06 bits per heavy atom. The number of fused-ring (bicyclic) bond motifs is 1. The van der Waals surface area contributed by atoms with Gasteiger partial charge in [0.2, 0.25) is 5.88 Å². The van der Waals surface area contributed by atoms with Crippen molar-refractivity contribution in [2.45, 2.75) is 25.8 Å². The average molecular weight is 474 g/mol. The maximum Gasteiger partial charge on any atom is 0.335 e. The van der Waals surface area contributed by atoms with Gasteiger partial charge in [-0.15, -0.1) is 0 Å². The molecule has 7 heteroatoms. The van der Waals surface area contributed by atoms with Crippen molar-refractivity contribution in [2.75, 3.05) is 13.1 Å². The summed E-state index contributed by atoms with van der Waals surface area (Å²) in [7, 11) is 1.77. The number of benzene rings is 2. The first-order valence-corrected chi connectivity index (χ1v) is 12.4. The minimum atomic E-state index is -1.00. The minimum Gasteiger partial charge on any atom is -0.494 e. The van der Waals surface area contributed by atoms with Gasteiger partial charge in [-0.25, -0.2) is 9.79 Å². The predicted octanol–water partition coefficient (Wildman–Crippen LogP) is 5.80. The predicted molar refractivity (Wildman–Crippen MR) is 137 cm³/mol. The smallest absolute Gasteiger partial charge is 0.335 e. The number of rotatable bonds is 6. The molecular formula is C27H27N3O3S. The number of hydrogen-bond donors (Lipinski definition) is 2. The first kappa shape index (κ1) is 22.4. The lowest BCUT2D eigenvalue weighted by Gasteiger charge is -2.26. The normalized spacial score (nSPS) is 15.1. The SMILES string of the molecule is Cn1c(O)c(C(=Nc2cccc(CN3CCCCC3)c2)c2ccsc2)c2cc(C(=O)O)ccc21. The highest BCUT2D eigenvalue weighted by molar-refractivity contribution is 7.08.